The van der Waals surface area contributed by atoms with E-state index in [1.807, 2.05) is 30.3 Å². The predicted octanol–water partition coefficient (Wildman–Crippen LogP) is 4.15. The number of phenolic OH excluding ortho intramolecular Hbond substituents is 1. The molecular formula is C24H27N3O4. The highest BCUT2D eigenvalue weighted by Crippen LogP contribution is 2.44. The monoisotopic (exact) mass is 421 g/mol. The number of aromatic amines is 1. The summed E-state index contributed by atoms with van der Waals surface area (Å²) in [6, 6.07) is 14.5. The van der Waals surface area contributed by atoms with Crippen LogP contribution in [0.25, 0.3) is 11.3 Å². The lowest BCUT2D eigenvalue weighted by atomic mass is 9.95. The number of unbranched alkanes of at least 4 members (excludes halogenated alkanes) is 1. The first kappa shape index (κ1) is 20.9. The Kier molecular flexibility index (Phi) is 6.23. The number of para-hydroxylation sites is 1. The second-order valence-electron chi connectivity index (χ2n) is 7.55. The molecule has 4 rings (SSSR count). The molecule has 0 fully saturated rings. The van der Waals surface area contributed by atoms with Gasteiger partial charge < -0.3 is 19.5 Å². The van der Waals surface area contributed by atoms with Gasteiger partial charge in [0.2, 0.25) is 0 Å². The Hall–Kier alpha value is -3.32. The molecule has 0 aliphatic carbocycles. The average Bonchev–Trinajstić information content (AvgIpc) is 3.32. The summed E-state index contributed by atoms with van der Waals surface area (Å²) in [6.07, 6.45) is 2.04. The lowest BCUT2D eigenvalue weighted by Gasteiger charge is -2.26. The van der Waals surface area contributed by atoms with Crippen molar-refractivity contribution in [1.29, 1.82) is 0 Å². The third kappa shape index (κ3) is 4.01. The van der Waals surface area contributed by atoms with Gasteiger partial charge in [0.25, 0.3) is 5.91 Å². The number of hydrogen-bond acceptors (Lipinski definition) is 5. The first-order chi connectivity index (χ1) is 15.2. The third-order valence-electron chi connectivity index (χ3n) is 5.50. The molecule has 0 radical (unpaired) electrons. The van der Waals surface area contributed by atoms with Gasteiger partial charge in [-0.1, -0.05) is 37.6 Å². The Bertz CT molecular complexity index is 1060. The summed E-state index contributed by atoms with van der Waals surface area (Å²) in [5, 5.41) is 17.7. The lowest BCUT2D eigenvalue weighted by molar-refractivity contribution is 0.0677. The summed E-state index contributed by atoms with van der Waals surface area (Å²) in [6.45, 7) is 3.62. The number of benzene rings is 2. The van der Waals surface area contributed by atoms with Crippen molar-refractivity contribution in [1.82, 2.24) is 15.1 Å². The number of nitrogens with one attached hydrogen (secondary N) is 1. The minimum Gasteiger partial charge on any atom is -0.507 e. The molecule has 3 aromatic rings. The van der Waals surface area contributed by atoms with Gasteiger partial charge in [-0.25, -0.2) is 0 Å². The zero-order valence-electron chi connectivity index (χ0n) is 17.8. The molecule has 0 saturated heterocycles. The van der Waals surface area contributed by atoms with Crippen LogP contribution in [0.15, 0.2) is 48.5 Å². The van der Waals surface area contributed by atoms with E-state index in [1.165, 1.54) is 0 Å². The molecule has 162 valence electrons. The van der Waals surface area contributed by atoms with E-state index in [4.69, 9.17) is 9.47 Å². The van der Waals surface area contributed by atoms with E-state index in [0.29, 0.717) is 36.7 Å². The molecule has 2 heterocycles. The third-order valence-corrected chi connectivity index (χ3v) is 5.50. The van der Waals surface area contributed by atoms with E-state index in [2.05, 4.69) is 17.1 Å². The zero-order chi connectivity index (χ0) is 21.8. The van der Waals surface area contributed by atoms with Crippen molar-refractivity contribution < 1.29 is 19.4 Å². The molecular weight excluding hydrogens is 394 g/mol. The number of rotatable bonds is 9. The molecule has 0 saturated carbocycles. The summed E-state index contributed by atoms with van der Waals surface area (Å²) in [4.78, 5) is 15.0. The number of fused-ring (bicyclic) bond motifs is 1. The Morgan fingerprint density at radius 3 is 2.77 bits per heavy atom. The number of hydrogen-bond donors (Lipinski definition) is 2. The molecule has 7 nitrogen and oxygen atoms in total. The first-order valence-corrected chi connectivity index (χ1v) is 10.5. The number of carbonyl (C=O) groups is 1. The molecule has 1 aliphatic rings. The molecule has 1 aromatic heterocycles. The smallest absolute Gasteiger partial charge is 0.273 e. The first-order valence-electron chi connectivity index (χ1n) is 10.5. The second-order valence-corrected chi connectivity index (χ2v) is 7.55. The summed E-state index contributed by atoms with van der Waals surface area (Å²) < 4.78 is 11.2. The SMILES string of the molecule is CCCCOc1cccc(C2c3c(-c4ccccc4O)n[nH]c3C(=O)N2CCOC)c1. The van der Waals surface area contributed by atoms with Gasteiger partial charge in [0.05, 0.1) is 19.3 Å². The maximum Gasteiger partial charge on any atom is 0.273 e. The number of phenols is 1. The van der Waals surface area contributed by atoms with Crippen molar-refractivity contribution in [2.45, 2.75) is 25.8 Å². The Morgan fingerprint density at radius 2 is 2.00 bits per heavy atom. The molecule has 7 heteroatoms. The number of ether oxygens (including phenoxy) is 2. The summed E-state index contributed by atoms with van der Waals surface area (Å²) >= 11 is 0. The number of H-pyrrole nitrogens is 1. The van der Waals surface area contributed by atoms with Gasteiger partial charge in [0.1, 0.15) is 22.9 Å². The number of aromatic hydroxyl groups is 1. The molecule has 1 unspecified atom stereocenters. The van der Waals surface area contributed by atoms with Crippen molar-refractivity contribution in [3.8, 4) is 22.8 Å². The molecule has 1 atom stereocenters. The van der Waals surface area contributed by atoms with Crippen LogP contribution in [-0.2, 0) is 4.74 Å². The van der Waals surface area contributed by atoms with E-state index in [0.717, 1.165) is 29.7 Å². The zero-order valence-corrected chi connectivity index (χ0v) is 17.8. The maximum atomic E-state index is 13.2. The Labute approximate surface area is 181 Å². The van der Waals surface area contributed by atoms with Gasteiger partial charge in [-0.2, -0.15) is 5.10 Å². The average molecular weight is 421 g/mol. The van der Waals surface area contributed by atoms with Crippen LogP contribution in [0.1, 0.15) is 47.4 Å². The van der Waals surface area contributed by atoms with Crippen molar-refractivity contribution >= 4 is 5.91 Å². The highest BCUT2D eigenvalue weighted by molar-refractivity contribution is 6.00. The maximum absolute atomic E-state index is 13.2. The second kappa shape index (κ2) is 9.22. The number of nitrogens with zero attached hydrogens (tertiary/aromatic N) is 2. The number of methoxy groups -OCH3 is 1. The quantitative estimate of drug-likeness (QED) is 0.507. The van der Waals surface area contributed by atoms with Crippen LogP contribution in [-0.4, -0.2) is 53.0 Å². The van der Waals surface area contributed by atoms with E-state index in [9.17, 15) is 9.90 Å². The summed E-state index contributed by atoms with van der Waals surface area (Å²) in [5.41, 5.74) is 3.28. The molecule has 0 spiro atoms. The standard InChI is InChI=1S/C24H27N3O4/c1-3-4-13-31-17-9-7-8-16(15-17)23-20-21(18-10-5-6-11-19(18)28)25-26-22(20)24(29)27(23)12-14-30-2/h5-11,15,23,28H,3-4,12-14H2,1-2H3,(H,25,26). The van der Waals surface area contributed by atoms with E-state index < -0.39 is 0 Å². The van der Waals surface area contributed by atoms with Crippen molar-refractivity contribution in [3.63, 3.8) is 0 Å². The summed E-state index contributed by atoms with van der Waals surface area (Å²) in [7, 11) is 1.62. The molecule has 1 amide bonds. The van der Waals surface area contributed by atoms with Gasteiger partial charge in [0, 0.05) is 24.8 Å². The number of amides is 1. The van der Waals surface area contributed by atoms with Gasteiger partial charge in [-0.05, 0) is 36.2 Å². The van der Waals surface area contributed by atoms with E-state index in [-0.39, 0.29) is 17.7 Å². The summed E-state index contributed by atoms with van der Waals surface area (Å²) in [5.74, 6) is 0.754. The van der Waals surface area contributed by atoms with Crippen LogP contribution < -0.4 is 4.74 Å². The minimum absolute atomic E-state index is 0.120. The van der Waals surface area contributed by atoms with Crippen LogP contribution in [0.4, 0.5) is 0 Å². The van der Waals surface area contributed by atoms with Crippen LogP contribution in [0.5, 0.6) is 11.5 Å². The fraction of sp³-hybridized carbons (Fsp3) is 0.333. The highest BCUT2D eigenvalue weighted by Gasteiger charge is 2.42. The van der Waals surface area contributed by atoms with Gasteiger partial charge in [-0.3, -0.25) is 9.89 Å². The van der Waals surface area contributed by atoms with Crippen molar-refractivity contribution in [3.05, 3.63) is 65.4 Å². The molecule has 1 aliphatic heterocycles. The molecule has 2 N–H and O–H groups in total. The van der Waals surface area contributed by atoms with Gasteiger partial charge >= 0.3 is 0 Å². The lowest BCUT2D eigenvalue weighted by Crippen LogP contribution is -2.32. The Balaban J connectivity index is 1.79. The fourth-order valence-corrected chi connectivity index (χ4v) is 3.95. The van der Waals surface area contributed by atoms with Crippen LogP contribution >= 0.6 is 0 Å². The van der Waals surface area contributed by atoms with Gasteiger partial charge in [-0.15, -0.1) is 0 Å². The fourth-order valence-electron chi connectivity index (χ4n) is 3.95. The van der Waals surface area contributed by atoms with E-state index in [1.54, 1.807) is 30.2 Å². The van der Waals surface area contributed by atoms with Crippen molar-refractivity contribution in [2.24, 2.45) is 0 Å². The predicted molar refractivity (Wildman–Crippen MR) is 117 cm³/mol. The Morgan fingerprint density at radius 1 is 1.16 bits per heavy atom. The van der Waals surface area contributed by atoms with Crippen LogP contribution in [0.3, 0.4) is 0 Å². The highest BCUT2D eigenvalue weighted by atomic mass is 16.5. The number of aromatic nitrogens is 2. The molecule has 31 heavy (non-hydrogen) atoms. The van der Waals surface area contributed by atoms with Gasteiger partial charge in [0.15, 0.2) is 0 Å². The minimum atomic E-state index is -0.360. The topological polar surface area (TPSA) is 87.7 Å². The van der Waals surface area contributed by atoms with E-state index >= 15 is 0 Å². The molecule has 2 aromatic carbocycles. The van der Waals surface area contributed by atoms with Crippen LogP contribution in [0.2, 0.25) is 0 Å². The normalized spacial score (nSPS) is 15.4. The van der Waals surface area contributed by atoms with Crippen molar-refractivity contribution in [2.75, 3.05) is 26.9 Å². The molecule has 0 bridgehead atoms. The van der Waals surface area contributed by atoms with Crippen LogP contribution in [0, 0.1) is 0 Å². The largest absolute Gasteiger partial charge is 0.507 e. The number of carbonyl (C=O) groups excluding carboxylic acids is 1.